The normalized spacial score (nSPS) is 16.9. The molecule has 0 unspecified atom stereocenters. The predicted molar refractivity (Wildman–Crippen MR) is 56.6 cm³/mol. The summed E-state index contributed by atoms with van der Waals surface area (Å²) >= 11 is 0. The van der Waals surface area contributed by atoms with Crippen molar-refractivity contribution in [2.24, 2.45) is 0 Å². The summed E-state index contributed by atoms with van der Waals surface area (Å²) in [6, 6.07) is 0. The molecule has 0 aromatic carbocycles. The average molecular weight is 262 g/mol. The molecule has 8 nitrogen and oxygen atoms in total. The second kappa shape index (κ2) is 7.56. The van der Waals surface area contributed by atoms with Gasteiger partial charge in [-0.1, -0.05) is 13.2 Å². The van der Waals surface area contributed by atoms with Crippen LogP contribution in [-0.2, 0) is 19.1 Å². The predicted octanol–water partition coefficient (Wildman–Crippen LogP) is -2.20. The second-order valence-electron chi connectivity index (χ2n) is 3.08. The largest absolute Gasteiger partial charge is 0.433 e. The number of carbonyl (C=O) groups is 2. The van der Waals surface area contributed by atoms with Crippen molar-refractivity contribution in [1.29, 1.82) is 0 Å². The van der Waals surface area contributed by atoms with Crippen molar-refractivity contribution in [2.45, 2.75) is 24.4 Å². The van der Waals surface area contributed by atoms with Gasteiger partial charge in [-0.15, -0.1) is 0 Å². The first-order valence-electron chi connectivity index (χ1n) is 4.71. The van der Waals surface area contributed by atoms with Crippen molar-refractivity contribution < 1.29 is 39.5 Å². The van der Waals surface area contributed by atoms with Crippen molar-refractivity contribution in [3.05, 3.63) is 25.7 Å². The minimum atomic E-state index is -2.16. The Morgan fingerprint density at radius 1 is 0.833 bits per heavy atom. The summed E-state index contributed by atoms with van der Waals surface area (Å²) in [6.45, 7) is 6.08. The van der Waals surface area contributed by atoms with E-state index in [1.807, 2.05) is 0 Å². The van der Waals surface area contributed by atoms with Gasteiger partial charge < -0.3 is 29.9 Å². The molecule has 0 aliphatic heterocycles. The van der Waals surface area contributed by atoms with Crippen molar-refractivity contribution in [3.8, 4) is 0 Å². The number of esters is 2. The topological polar surface area (TPSA) is 134 Å². The smallest absolute Gasteiger partial charge is 0.342 e. The van der Waals surface area contributed by atoms with E-state index < -0.39 is 36.4 Å². The van der Waals surface area contributed by atoms with E-state index in [9.17, 15) is 30.0 Å². The zero-order valence-electron chi connectivity index (χ0n) is 9.30. The molecule has 4 atom stereocenters. The molecule has 0 fully saturated rings. The van der Waals surface area contributed by atoms with E-state index in [2.05, 4.69) is 22.6 Å². The van der Waals surface area contributed by atoms with Crippen molar-refractivity contribution in [2.75, 3.05) is 0 Å². The highest BCUT2D eigenvalue weighted by molar-refractivity contribution is 5.77. The molecule has 0 rings (SSSR count). The first-order chi connectivity index (χ1) is 8.36. The van der Waals surface area contributed by atoms with Gasteiger partial charge in [0.25, 0.3) is 0 Å². The summed E-state index contributed by atoms with van der Waals surface area (Å²) < 4.78 is 8.31. The number of hydrogen-bond acceptors (Lipinski definition) is 8. The summed E-state index contributed by atoms with van der Waals surface area (Å²) in [5.41, 5.74) is 0. The Kier molecular flexibility index (Phi) is 6.83. The molecule has 0 aliphatic rings. The van der Waals surface area contributed by atoms with E-state index in [0.29, 0.717) is 12.5 Å². The molecular formula is C10H14O8. The summed E-state index contributed by atoms with van der Waals surface area (Å²) in [4.78, 5) is 22.0. The van der Waals surface area contributed by atoms with Gasteiger partial charge in [0.2, 0.25) is 0 Å². The third-order valence-electron chi connectivity index (χ3n) is 1.88. The molecule has 0 amide bonds. The molecule has 4 N–H and O–H groups in total. The Labute approximate surface area is 102 Å². The Balaban J connectivity index is 4.61. The molecule has 0 radical (unpaired) electrons. The Bertz CT molecular complexity index is 294. The molecule has 0 bridgehead atoms. The van der Waals surface area contributed by atoms with E-state index in [4.69, 9.17) is 0 Å². The maximum Gasteiger partial charge on any atom is 0.342 e. The first-order valence-corrected chi connectivity index (χ1v) is 4.71. The maximum atomic E-state index is 11.0. The summed E-state index contributed by atoms with van der Waals surface area (Å²) in [7, 11) is 0. The fourth-order valence-electron chi connectivity index (χ4n) is 0.956. The molecule has 102 valence electrons. The van der Waals surface area contributed by atoms with Crippen LogP contribution in [0.5, 0.6) is 0 Å². The van der Waals surface area contributed by atoms with Crippen LogP contribution in [-0.4, -0.2) is 56.8 Å². The second-order valence-corrected chi connectivity index (χ2v) is 3.08. The minimum Gasteiger partial charge on any atom is -0.433 e. The molecular weight excluding hydrogens is 248 g/mol. The highest BCUT2D eigenvalue weighted by Gasteiger charge is 2.38. The first kappa shape index (κ1) is 16.3. The fraction of sp³-hybridized carbons (Fsp3) is 0.400. The van der Waals surface area contributed by atoms with Crippen molar-refractivity contribution >= 4 is 11.9 Å². The molecule has 18 heavy (non-hydrogen) atoms. The van der Waals surface area contributed by atoms with Gasteiger partial charge in [-0.3, -0.25) is 0 Å². The molecule has 0 heterocycles. The Morgan fingerprint density at radius 3 is 1.33 bits per heavy atom. The van der Waals surface area contributed by atoms with Gasteiger partial charge in [-0.2, -0.15) is 0 Å². The monoisotopic (exact) mass is 262 g/mol. The van der Waals surface area contributed by atoms with Crippen LogP contribution in [0.25, 0.3) is 0 Å². The lowest BCUT2D eigenvalue weighted by Crippen LogP contribution is -2.50. The molecule has 0 aliphatic carbocycles. The van der Waals surface area contributed by atoms with Crippen molar-refractivity contribution in [3.63, 3.8) is 0 Å². The number of carbonyl (C=O) groups excluding carboxylic acids is 2. The van der Waals surface area contributed by atoms with Gasteiger partial charge in [-0.05, 0) is 0 Å². The number of ether oxygens (including phenoxy) is 2. The number of rotatable bonds is 7. The van der Waals surface area contributed by atoms with E-state index in [-0.39, 0.29) is 0 Å². The highest BCUT2D eigenvalue weighted by atomic mass is 16.6. The van der Waals surface area contributed by atoms with E-state index in [0.717, 1.165) is 0 Å². The Hall–Kier alpha value is -1.74. The quantitative estimate of drug-likeness (QED) is 0.300. The van der Waals surface area contributed by atoms with Gasteiger partial charge >= 0.3 is 11.9 Å². The minimum absolute atomic E-state index is 0.701. The number of aliphatic hydroxyl groups is 4. The van der Waals surface area contributed by atoms with Gasteiger partial charge in [0.1, 0.15) is 12.2 Å². The lowest BCUT2D eigenvalue weighted by Gasteiger charge is -2.23. The van der Waals surface area contributed by atoms with Gasteiger partial charge in [0.15, 0.2) is 12.2 Å². The van der Waals surface area contributed by atoms with Crippen LogP contribution >= 0.6 is 0 Å². The van der Waals surface area contributed by atoms with Crippen LogP contribution < -0.4 is 0 Å². The van der Waals surface area contributed by atoms with Crippen LogP contribution in [0.15, 0.2) is 25.7 Å². The molecule has 0 saturated heterocycles. The van der Waals surface area contributed by atoms with Crippen LogP contribution in [0, 0.1) is 0 Å². The van der Waals surface area contributed by atoms with Gasteiger partial charge in [0.05, 0.1) is 12.5 Å². The summed E-state index contributed by atoms with van der Waals surface area (Å²) in [5, 5.41) is 37.1. The zero-order valence-corrected chi connectivity index (χ0v) is 9.30. The lowest BCUT2D eigenvalue weighted by molar-refractivity contribution is -0.173. The van der Waals surface area contributed by atoms with Crippen molar-refractivity contribution in [1.82, 2.24) is 0 Å². The molecule has 0 spiro atoms. The third-order valence-corrected chi connectivity index (χ3v) is 1.88. The standard InChI is InChI=1S/C10H14O8/c1-3-17-9(15)7(13)5(11)6(12)8(14)10(16)18-4-2/h3-8,11-14H,1-2H2/t5-,6-,7-,8+/m0/s1. The van der Waals surface area contributed by atoms with E-state index in [1.165, 1.54) is 0 Å². The summed E-state index contributed by atoms with van der Waals surface area (Å²) in [5.74, 6) is -2.61. The lowest BCUT2D eigenvalue weighted by atomic mass is 10.0. The van der Waals surface area contributed by atoms with Crippen LogP contribution in [0.3, 0.4) is 0 Å². The van der Waals surface area contributed by atoms with E-state index in [1.54, 1.807) is 0 Å². The zero-order chi connectivity index (χ0) is 14.3. The van der Waals surface area contributed by atoms with E-state index >= 15 is 0 Å². The highest BCUT2D eigenvalue weighted by Crippen LogP contribution is 2.08. The molecule has 0 aromatic heterocycles. The van der Waals surface area contributed by atoms with Crippen LogP contribution in [0.4, 0.5) is 0 Å². The average Bonchev–Trinajstić information content (AvgIpc) is 2.35. The molecule has 0 aromatic rings. The maximum absolute atomic E-state index is 11.0. The third kappa shape index (κ3) is 4.26. The van der Waals surface area contributed by atoms with Crippen LogP contribution in [0.1, 0.15) is 0 Å². The fourth-order valence-corrected chi connectivity index (χ4v) is 0.956. The van der Waals surface area contributed by atoms with Crippen LogP contribution in [0.2, 0.25) is 0 Å². The SMILES string of the molecule is C=COC(=O)[C@@H](O)[C@@H](O)[C@H](O)[C@@H](O)C(=O)OC=C. The number of aliphatic hydroxyl groups excluding tert-OH is 4. The molecule has 8 heteroatoms. The summed E-state index contributed by atoms with van der Waals surface area (Å²) in [6.07, 6.45) is -7.22. The Morgan fingerprint density at radius 2 is 1.11 bits per heavy atom. The van der Waals surface area contributed by atoms with Gasteiger partial charge in [0, 0.05) is 0 Å². The van der Waals surface area contributed by atoms with Gasteiger partial charge in [-0.25, -0.2) is 9.59 Å². The number of hydrogen-bond donors (Lipinski definition) is 4. The molecule has 0 saturated carbocycles.